The first-order valence-electron chi connectivity index (χ1n) is 12.3. The number of thiocarbonyl (C=S) groups is 1. The van der Waals surface area contributed by atoms with Gasteiger partial charge in [0.05, 0.1) is 31.0 Å². The molecule has 1 aliphatic carbocycles. The van der Waals surface area contributed by atoms with Crippen LogP contribution in [0.4, 0.5) is 0 Å². The summed E-state index contributed by atoms with van der Waals surface area (Å²) >= 11 is 5.88. The summed E-state index contributed by atoms with van der Waals surface area (Å²) in [6.45, 7) is 5.81. The molecule has 172 valence electrons. The van der Waals surface area contributed by atoms with Crippen molar-refractivity contribution in [3.05, 3.63) is 54.1 Å². The quantitative estimate of drug-likeness (QED) is 0.638. The zero-order chi connectivity index (χ0) is 21.8. The van der Waals surface area contributed by atoms with Crippen LogP contribution in [0.1, 0.15) is 68.0 Å². The molecule has 0 amide bonds. The molecular weight excluding hydrogens is 418 g/mol. The lowest BCUT2D eigenvalue weighted by Crippen LogP contribution is -2.39. The van der Waals surface area contributed by atoms with Crippen LogP contribution in [0.3, 0.4) is 0 Å². The van der Waals surface area contributed by atoms with Gasteiger partial charge in [-0.3, -0.25) is 9.88 Å². The molecule has 0 radical (unpaired) electrons. The fourth-order valence-corrected chi connectivity index (χ4v) is 5.94. The Hall–Kier alpha value is -1.96. The lowest BCUT2D eigenvalue weighted by atomic mass is 9.94. The fourth-order valence-electron chi connectivity index (χ4n) is 5.61. The number of hydrogen-bond donors (Lipinski definition) is 1. The van der Waals surface area contributed by atoms with Gasteiger partial charge in [-0.2, -0.15) is 0 Å². The summed E-state index contributed by atoms with van der Waals surface area (Å²) in [5.74, 6) is 0. The van der Waals surface area contributed by atoms with Crippen LogP contribution in [0.15, 0.2) is 42.7 Å². The van der Waals surface area contributed by atoms with Gasteiger partial charge in [0.25, 0.3) is 0 Å². The van der Waals surface area contributed by atoms with Crippen LogP contribution >= 0.6 is 12.2 Å². The maximum absolute atomic E-state index is 5.88. The van der Waals surface area contributed by atoms with Gasteiger partial charge in [0, 0.05) is 50.3 Å². The largest absolute Gasteiger partial charge is 0.379 e. The SMILES string of the molecule is S=C1NC(c2ccccn2)C(c2cccn2C2CCCCC2)N1CCCN1CCOCC1. The van der Waals surface area contributed by atoms with Gasteiger partial charge >= 0.3 is 0 Å². The molecule has 2 aromatic rings. The molecule has 7 heteroatoms. The Morgan fingerprint density at radius 2 is 1.88 bits per heavy atom. The summed E-state index contributed by atoms with van der Waals surface area (Å²) in [5.41, 5.74) is 2.43. The van der Waals surface area contributed by atoms with E-state index in [4.69, 9.17) is 21.9 Å². The number of ether oxygens (including phenoxy) is 1. The molecule has 2 aliphatic heterocycles. The van der Waals surface area contributed by atoms with Crippen molar-refractivity contribution in [3.63, 3.8) is 0 Å². The van der Waals surface area contributed by atoms with E-state index in [1.54, 1.807) is 0 Å². The molecule has 1 N–H and O–H groups in total. The standard InChI is InChI=1S/C25H35N5OS/c32-25-27-23(21-10-4-5-12-26-21)24(30(25)15-7-13-28-16-18-31-19-17-28)22-11-6-14-29(22)20-8-2-1-3-9-20/h4-6,10-12,14,20,23-24H,1-3,7-9,13,15-19H2,(H,27,32). The highest BCUT2D eigenvalue weighted by Crippen LogP contribution is 2.41. The predicted molar refractivity (Wildman–Crippen MR) is 131 cm³/mol. The second-order valence-electron chi connectivity index (χ2n) is 9.26. The molecule has 6 nitrogen and oxygen atoms in total. The van der Waals surface area contributed by atoms with E-state index in [1.165, 1.54) is 37.8 Å². The molecule has 3 fully saturated rings. The van der Waals surface area contributed by atoms with E-state index in [0.717, 1.165) is 56.6 Å². The van der Waals surface area contributed by atoms with Crippen molar-refractivity contribution in [2.75, 3.05) is 39.4 Å². The molecule has 5 rings (SSSR count). The van der Waals surface area contributed by atoms with Crippen molar-refractivity contribution in [2.45, 2.75) is 56.7 Å². The normalized spacial score (nSPS) is 25.2. The number of hydrogen-bond acceptors (Lipinski definition) is 4. The molecular formula is C25H35N5OS. The lowest BCUT2D eigenvalue weighted by molar-refractivity contribution is 0.0365. The van der Waals surface area contributed by atoms with E-state index >= 15 is 0 Å². The van der Waals surface area contributed by atoms with Gasteiger partial charge in [0.2, 0.25) is 0 Å². The van der Waals surface area contributed by atoms with Crippen LogP contribution in [0.5, 0.6) is 0 Å². The molecule has 0 spiro atoms. The van der Waals surface area contributed by atoms with Crippen LogP contribution in [0.2, 0.25) is 0 Å². The van der Waals surface area contributed by atoms with Crippen LogP contribution in [0, 0.1) is 0 Å². The summed E-state index contributed by atoms with van der Waals surface area (Å²) in [7, 11) is 0. The maximum atomic E-state index is 5.88. The van der Waals surface area contributed by atoms with Crippen molar-refractivity contribution in [1.82, 2.24) is 24.7 Å². The lowest BCUT2D eigenvalue weighted by Gasteiger charge is -2.33. The number of pyridine rings is 1. The maximum Gasteiger partial charge on any atom is 0.170 e. The minimum absolute atomic E-state index is 0.0735. The fraction of sp³-hybridized carbons (Fsp3) is 0.600. The van der Waals surface area contributed by atoms with Crippen LogP contribution in [0.25, 0.3) is 0 Å². The van der Waals surface area contributed by atoms with Gasteiger partial charge in [0.1, 0.15) is 0 Å². The van der Waals surface area contributed by atoms with Crippen molar-refractivity contribution in [1.29, 1.82) is 0 Å². The third-order valence-corrected chi connectivity index (χ3v) is 7.61. The van der Waals surface area contributed by atoms with Gasteiger partial charge in [-0.25, -0.2) is 0 Å². The Balaban J connectivity index is 1.39. The van der Waals surface area contributed by atoms with Gasteiger partial charge < -0.3 is 19.5 Å². The first-order chi connectivity index (χ1) is 15.8. The first kappa shape index (κ1) is 21.9. The molecule has 0 bridgehead atoms. The molecule has 4 heterocycles. The summed E-state index contributed by atoms with van der Waals surface area (Å²) in [6.07, 6.45) is 11.8. The Morgan fingerprint density at radius 1 is 1.03 bits per heavy atom. The van der Waals surface area contributed by atoms with E-state index < -0.39 is 0 Å². The minimum atomic E-state index is 0.0735. The third kappa shape index (κ3) is 4.70. The Kier molecular flexibility index (Phi) is 7.05. The zero-order valence-corrected chi connectivity index (χ0v) is 19.7. The highest BCUT2D eigenvalue weighted by molar-refractivity contribution is 7.80. The average molecular weight is 454 g/mol. The number of aromatic nitrogens is 2. The minimum Gasteiger partial charge on any atom is -0.379 e. The van der Waals surface area contributed by atoms with Crippen LogP contribution < -0.4 is 5.32 Å². The second-order valence-corrected chi connectivity index (χ2v) is 9.65. The van der Waals surface area contributed by atoms with Crippen molar-refractivity contribution < 1.29 is 4.74 Å². The topological polar surface area (TPSA) is 45.6 Å². The molecule has 2 saturated heterocycles. The Morgan fingerprint density at radius 3 is 2.66 bits per heavy atom. The van der Waals surface area contributed by atoms with Crippen molar-refractivity contribution >= 4 is 17.3 Å². The number of rotatable bonds is 7. The van der Waals surface area contributed by atoms with Crippen LogP contribution in [-0.4, -0.2) is 63.9 Å². The van der Waals surface area contributed by atoms with Crippen molar-refractivity contribution in [2.24, 2.45) is 0 Å². The van der Waals surface area contributed by atoms with Gasteiger partial charge in [0.15, 0.2) is 5.11 Å². The Bertz CT molecular complexity index is 875. The van der Waals surface area contributed by atoms with Gasteiger partial charge in [-0.1, -0.05) is 25.3 Å². The Labute approximate surface area is 196 Å². The molecule has 2 atom stereocenters. The summed E-state index contributed by atoms with van der Waals surface area (Å²) in [6, 6.07) is 11.5. The van der Waals surface area contributed by atoms with E-state index in [0.29, 0.717) is 6.04 Å². The molecule has 32 heavy (non-hydrogen) atoms. The second kappa shape index (κ2) is 10.3. The van der Waals surface area contributed by atoms with E-state index in [1.807, 2.05) is 12.3 Å². The number of nitrogens with one attached hydrogen (secondary N) is 1. The van der Waals surface area contributed by atoms with Crippen molar-refractivity contribution in [3.8, 4) is 0 Å². The van der Waals surface area contributed by atoms with E-state index in [9.17, 15) is 0 Å². The predicted octanol–water partition coefficient (Wildman–Crippen LogP) is 4.08. The molecule has 0 aromatic carbocycles. The van der Waals surface area contributed by atoms with E-state index in [-0.39, 0.29) is 12.1 Å². The summed E-state index contributed by atoms with van der Waals surface area (Å²) in [5, 5.41) is 4.48. The smallest absolute Gasteiger partial charge is 0.170 e. The zero-order valence-electron chi connectivity index (χ0n) is 18.9. The molecule has 3 aliphatic rings. The highest BCUT2D eigenvalue weighted by Gasteiger charge is 2.41. The highest BCUT2D eigenvalue weighted by atomic mass is 32.1. The van der Waals surface area contributed by atoms with Gasteiger partial charge in [-0.15, -0.1) is 0 Å². The third-order valence-electron chi connectivity index (χ3n) is 7.26. The first-order valence-corrected chi connectivity index (χ1v) is 12.7. The molecule has 1 saturated carbocycles. The molecule has 2 unspecified atom stereocenters. The number of nitrogens with zero attached hydrogens (tertiary/aromatic N) is 4. The van der Waals surface area contributed by atoms with Crippen LogP contribution in [-0.2, 0) is 4.74 Å². The van der Waals surface area contributed by atoms with E-state index in [2.05, 4.69) is 50.1 Å². The summed E-state index contributed by atoms with van der Waals surface area (Å²) < 4.78 is 8.05. The summed E-state index contributed by atoms with van der Waals surface area (Å²) in [4.78, 5) is 9.63. The molecule has 2 aromatic heterocycles. The number of morpholine rings is 1. The van der Waals surface area contributed by atoms with Gasteiger partial charge in [-0.05, 0) is 55.7 Å². The average Bonchev–Trinajstić information content (AvgIpc) is 3.45. The monoisotopic (exact) mass is 453 g/mol.